The average Bonchev–Trinajstić information content (AvgIpc) is 1.25. The highest BCUT2D eigenvalue weighted by molar-refractivity contribution is 7.47. The number of esters is 4. The third kappa shape index (κ3) is 72.2. The van der Waals surface area contributed by atoms with Crippen LogP contribution in [0.1, 0.15) is 402 Å². The second kappa shape index (κ2) is 68.5. The average molecular weight is 1420 g/mol. The van der Waals surface area contributed by atoms with E-state index in [2.05, 4.69) is 48.5 Å². The molecule has 0 amide bonds. The number of phosphoric acid groups is 2. The molecule has 0 aromatic rings. The van der Waals surface area contributed by atoms with Gasteiger partial charge in [0.2, 0.25) is 0 Å². The van der Waals surface area contributed by atoms with Crippen molar-refractivity contribution in [3.05, 3.63) is 0 Å². The van der Waals surface area contributed by atoms with Gasteiger partial charge >= 0.3 is 39.5 Å². The van der Waals surface area contributed by atoms with Crippen molar-refractivity contribution in [1.29, 1.82) is 0 Å². The SMILES string of the molecule is CCCCCCCCCCCCCCCCCCCCC(=O)O[C@H](COC(=O)CCCCCCCCCCCCCCCC(C)C)COP(=O)(O)OC[C@@H](O)COP(=O)(O)OC[C@@H](COC(=O)CCCCCCCCCC(C)C)OC(=O)CCCCCCCCCCCCC(C)C. The van der Waals surface area contributed by atoms with Crippen molar-refractivity contribution < 1.29 is 80.2 Å². The number of phosphoric ester groups is 2. The van der Waals surface area contributed by atoms with E-state index in [4.69, 9.17) is 37.0 Å². The summed E-state index contributed by atoms with van der Waals surface area (Å²) in [6.07, 6.45) is 55.6. The smallest absolute Gasteiger partial charge is 0.462 e. The molecule has 0 rings (SSSR count). The number of hydrogen-bond acceptors (Lipinski definition) is 15. The van der Waals surface area contributed by atoms with Crippen LogP contribution in [0.3, 0.4) is 0 Å². The van der Waals surface area contributed by atoms with E-state index in [-0.39, 0.29) is 25.7 Å². The minimum Gasteiger partial charge on any atom is -0.462 e. The van der Waals surface area contributed by atoms with Gasteiger partial charge in [0.15, 0.2) is 12.2 Å². The molecule has 17 nitrogen and oxygen atoms in total. The molecule has 0 bridgehead atoms. The van der Waals surface area contributed by atoms with Crippen molar-refractivity contribution in [3.63, 3.8) is 0 Å². The number of aliphatic hydroxyl groups excluding tert-OH is 1. The van der Waals surface area contributed by atoms with E-state index in [1.54, 1.807) is 0 Å². The number of carbonyl (C=O) groups excluding carboxylic acids is 4. The molecule has 0 fully saturated rings. The van der Waals surface area contributed by atoms with Gasteiger partial charge in [-0.25, -0.2) is 9.13 Å². The molecule has 0 heterocycles. The first kappa shape index (κ1) is 95.1. The highest BCUT2D eigenvalue weighted by Crippen LogP contribution is 2.45. The van der Waals surface area contributed by atoms with Gasteiger partial charge in [0.25, 0.3) is 0 Å². The Morgan fingerprint density at radius 1 is 0.278 bits per heavy atom. The van der Waals surface area contributed by atoms with E-state index in [1.807, 2.05) is 0 Å². The number of aliphatic hydroxyl groups is 1. The summed E-state index contributed by atoms with van der Waals surface area (Å²) in [5, 5.41) is 10.6. The number of rotatable bonds is 76. The van der Waals surface area contributed by atoms with Crippen LogP contribution in [-0.4, -0.2) is 96.7 Å². The Balaban J connectivity index is 5.24. The van der Waals surface area contributed by atoms with Crippen LogP contribution in [0.5, 0.6) is 0 Å². The molecule has 3 N–H and O–H groups in total. The zero-order valence-corrected chi connectivity index (χ0v) is 65.3. The van der Waals surface area contributed by atoms with E-state index in [0.29, 0.717) is 31.6 Å². The Morgan fingerprint density at radius 2 is 0.474 bits per heavy atom. The molecular weight excluding hydrogens is 1270 g/mol. The number of hydrogen-bond donors (Lipinski definition) is 3. The molecule has 0 aliphatic heterocycles. The third-order valence-corrected chi connectivity index (χ3v) is 20.0. The van der Waals surface area contributed by atoms with Crippen LogP contribution in [0.4, 0.5) is 0 Å². The van der Waals surface area contributed by atoms with Gasteiger partial charge in [-0.15, -0.1) is 0 Å². The fourth-order valence-electron chi connectivity index (χ4n) is 12.0. The predicted molar refractivity (Wildman–Crippen MR) is 395 cm³/mol. The lowest BCUT2D eigenvalue weighted by Crippen LogP contribution is -2.30. The van der Waals surface area contributed by atoms with Crippen LogP contribution in [-0.2, 0) is 65.4 Å². The Hall–Kier alpha value is -1.94. The number of carbonyl (C=O) groups is 4. The van der Waals surface area contributed by atoms with Crippen molar-refractivity contribution >= 4 is 39.5 Å². The normalized spacial score (nSPS) is 14.0. The maximum Gasteiger partial charge on any atom is 0.472 e. The highest BCUT2D eigenvalue weighted by atomic mass is 31.2. The van der Waals surface area contributed by atoms with Gasteiger partial charge in [0.05, 0.1) is 26.4 Å². The summed E-state index contributed by atoms with van der Waals surface area (Å²) in [6.45, 7) is 11.9. The Morgan fingerprint density at radius 3 is 0.701 bits per heavy atom. The molecule has 0 saturated heterocycles. The second-order valence-electron chi connectivity index (χ2n) is 29.5. The van der Waals surface area contributed by atoms with Gasteiger partial charge < -0.3 is 33.8 Å². The quantitative estimate of drug-likeness (QED) is 0.0222. The van der Waals surface area contributed by atoms with Crippen molar-refractivity contribution in [2.45, 2.75) is 420 Å². The summed E-state index contributed by atoms with van der Waals surface area (Å²) >= 11 is 0. The Kier molecular flexibility index (Phi) is 67.1. The molecule has 0 spiro atoms. The van der Waals surface area contributed by atoms with E-state index >= 15 is 0 Å². The van der Waals surface area contributed by atoms with Gasteiger partial charge in [0.1, 0.15) is 19.3 Å². The van der Waals surface area contributed by atoms with Crippen LogP contribution in [0.25, 0.3) is 0 Å². The first-order chi connectivity index (χ1) is 46.7. The second-order valence-corrected chi connectivity index (χ2v) is 32.4. The lowest BCUT2D eigenvalue weighted by molar-refractivity contribution is -0.161. The fourth-order valence-corrected chi connectivity index (χ4v) is 13.5. The van der Waals surface area contributed by atoms with Crippen molar-refractivity contribution in [3.8, 4) is 0 Å². The lowest BCUT2D eigenvalue weighted by Gasteiger charge is -2.21. The number of ether oxygens (including phenoxy) is 4. The lowest BCUT2D eigenvalue weighted by atomic mass is 10.0. The van der Waals surface area contributed by atoms with E-state index < -0.39 is 97.5 Å². The zero-order valence-electron chi connectivity index (χ0n) is 63.5. The van der Waals surface area contributed by atoms with Crippen LogP contribution in [0.2, 0.25) is 0 Å². The van der Waals surface area contributed by atoms with Gasteiger partial charge in [-0.05, 0) is 43.4 Å². The standard InChI is InChI=1S/C78H152O17P2/c1-8-9-10-11-12-13-14-15-16-17-18-19-22-26-32-39-47-54-61-77(82)94-73(65-88-75(80)59-52-45-38-31-25-23-20-21-24-29-35-42-49-56-69(2)3)67-92-96(84,85)90-63-72(79)64-91-97(86,87)93-68-74(66-89-76(81)60-53-46-41-34-37-44-51-58-71(6)7)95-78(83)62-55-48-40-33-28-27-30-36-43-50-57-70(4)5/h69-74,79H,8-68H2,1-7H3,(H,84,85)(H,86,87)/t72-,73-,74-/m1/s1. The molecule has 0 aromatic carbocycles. The first-order valence-electron chi connectivity index (χ1n) is 40.3. The summed E-state index contributed by atoms with van der Waals surface area (Å²) < 4.78 is 68.6. The number of unbranched alkanes of at least 4 members (excludes halogenated alkanes) is 44. The predicted octanol–water partition coefficient (Wildman–Crippen LogP) is 23.0. The van der Waals surface area contributed by atoms with Crippen LogP contribution < -0.4 is 0 Å². The largest absolute Gasteiger partial charge is 0.472 e. The molecule has 19 heteroatoms. The van der Waals surface area contributed by atoms with E-state index in [1.165, 1.54) is 205 Å². The summed E-state index contributed by atoms with van der Waals surface area (Å²) in [5.41, 5.74) is 0. The minimum atomic E-state index is -4.96. The molecule has 0 aromatic heterocycles. The molecule has 5 atom stereocenters. The molecule has 0 aliphatic rings. The van der Waals surface area contributed by atoms with Gasteiger partial charge in [-0.3, -0.25) is 37.3 Å². The highest BCUT2D eigenvalue weighted by Gasteiger charge is 2.30. The monoisotopic (exact) mass is 1420 g/mol. The molecule has 2 unspecified atom stereocenters. The third-order valence-electron chi connectivity index (χ3n) is 18.1. The first-order valence-corrected chi connectivity index (χ1v) is 43.3. The molecule has 576 valence electrons. The summed E-state index contributed by atoms with van der Waals surface area (Å²) in [6, 6.07) is 0. The molecule has 0 aliphatic carbocycles. The summed E-state index contributed by atoms with van der Waals surface area (Å²) in [4.78, 5) is 72.9. The van der Waals surface area contributed by atoms with Gasteiger partial charge in [-0.2, -0.15) is 0 Å². The zero-order chi connectivity index (χ0) is 71.6. The van der Waals surface area contributed by atoms with E-state index in [9.17, 15) is 43.2 Å². The van der Waals surface area contributed by atoms with Crippen LogP contribution >= 0.6 is 15.6 Å². The maximum atomic E-state index is 13.1. The van der Waals surface area contributed by atoms with Crippen molar-refractivity contribution in [2.75, 3.05) is 39.6 Å². The fraction of sp³-hybridized carbons (Fsp3) is 0.949. The topological polar surface area (TPSA) is 237 Å². The van der Waals surface area contributed by atoms with Gasteiger partial charge in [0, 0.05) is 25.7 Å². The maximum absolute atomic E-state index is 13.1. The van der Waals surface area contributed by atoms with Crippen LogP contribution in [0.15, 0.2) is 0 Å². The molecule has 0 radical (unpaired) electrons. The van der Waals surface area contributed by atoms with Gasteiger partial charge in [-0.1, -0.05) is 350 Å². The molecule has 0 saturated carbocycles. The minimum absolute atomic E-state index is 0.105. The molecular formula is C78H152O17P2. The van der Waals surface area contributed by atoms with E-state index in [0.717, 1.165) is 108 Å². The van der Waals surface area contributed by atoms with Crippen molar-refractivity contribution in [2.24, 2.45) is 17.8 Å². The van der Waals surface area contributed by atoms with Crippen molar-refractivity contribution in [1.82, 2.24) is 0 Å². The summed E-state index contributed by atoms with van der Waals surface area (Å²) in [5.74, 6) is 0.132. The van der Waals surface area contributed by atoms with Crippen LogP contribution in [0, 0.1) is 17.8 Å². The summed E-state index contributed by atoms with van der Waals surface area (Å²) in [7, 11) is -9.92. The Labute approximate surface area is 594 Å². The molecule has 97 heavy (non-hydrogen) atoms. The Bertz CT molecular complexity index is 1890.